The number of nitrogens with two attached hydrogens (primary N) is 1. The topological polar surface area (TPSA) is 61.0 Å². The van der Waals surface area contributed by atoms with Crippen molar-refractivity contribution in [3.05, 3.63) is 16.8 Å². The van der Waals surface area contributed by atoms with Crippen LogP contribution < -0.4 is 5.73 Å². The molecule has 18 heavy (non-hydrogen) atoms. The largest absolute Gasteiger partial charge is 0.383 e. The first-order valence-corrected chi connectivity index (χ1v) is 7.21. The van der Waals surface area contributed by atoms with Gasteiger partial charge in [0.25, 0.3) is 0 Å². The standard InChI is InChI=1S/C13H15N3OS/c1-6-4-9-11(14)15-12(16-13(9)18-6)8-5-7-2-3-10(8)17-7/h4,7-8,10H,2-3,5H2,1H3,(H2,14,15,16). The molecule has 2 N–H and O–H groups in total. The number of thiophene rings is 1. The Morgan fingerprint density at radius 1 is 1.39 bits per heavy atom. The molecule has 0 amide bonds. The summed E-state index contributed by atoms with van der Waals surface area (Å²) in [4.78, 5) is 11.5. The van der Waals surface area contributed by atoms with E-state index in [2.05, 4.69) is 18.0 Å². The lowest BCUT2D eigenvalue weighted by Gasteiger charge is -2.17. The zero-order chi connectivity index (χ0) is 12.3. The van der Waals surface area contributed by atoms with E-state index in [-0.39, 0.29) is 0 Å². The maximum atomic E-state index is 6.05. The molecule has 2 aromatic rings. The summed E-state index contributed by atoms with van der Waals surface area (Å²) < 4.78 is 5.88. The van der Waals surface area contributed by atoms with Gasteiger partial charge in [0, 0.05) is 10.8 Å². The van der Waals surface area contributed by atoms with Crippen molar-refractivity contribution in [3.8, 4) is 0 Å². The summed E-state index contributed by atoms with van der Waals surface area (Å²) in [6.45, 7) is 2.08. The van der Waals surface area contributed by atoms with Gasteiger partial charge in [-0.3, -0.25) is 0 Å². The minimum Gasteiger partial charge on any atom is -0.383 e. The van der Waals surface area contributed by atoms with E-state index in [1.165, 1.54) is 11.3 Å². The zero-order valence-corrected chi connectivity index (χ0v) is 11.0. The highest BCUT2D eigenvalue weighted by Crippen LogP contribution is 2.44. The van der Waals surface area contributed by atoms with E-state index >= 15 is 0 Å². The summed E-state index contributed by atoms with van der Waals surface area (Å²) in [5.74, 6) is 1.84. The lowest BCUT2D eigenvalue weighted by atomic mass is 9.88. The van der Waals surface area contributed by atoms with Crippen molar-refractivity contribution >= 4 is 27.4 Å². The molecule has 0 aliphatic carbocycles. The van der Waals surface area contributed by atoms with Gasteiger partial charge in [0.1, 0.15) is 16.5 Å². The van der Waals surface area contributed by atoms with Gasteiger partial charge in [-0.05, 0) is 32.3 Å². The van der Waals surface area contributed by atoms with Gasteiger partial charge in [-0.1, -0.05) is 0 Å². The second-order valence-corrected chi connectivity index (χ2v) is 6.49. The maximum Gasteiger partial charge on any atom is 0.138 e. The van der Waals surface area contributed by atoms with Crippen molar-refractivity contribution in [3.63, 3.8) is 0 Å². The molecule has 94 valence electrons. The first-order chi connectivity index (χ1) is 8.70. The van der Waals surface area contributed by atoms with Crippen LogP contribution >= 0.6 is 11.3 Å². The molecule has 2 bridgehead atoms. The number of anilines is 1. The van der Waals surface area contributed by atoms with Gasteiger partial charge >= 0.3 is 0 Å². The van der Waals surface area contributed by atoms with Crippen LogP contribution in [-0.2, 0) is 4.74 Å². The Hall–Kier alpha value is -1.20. The Kier molecular flexibility index (Phi) is 2.17. The van der Waals surface area contributed by atoms with Crippen LogP contribution in [0.4, 0.5) is 5.82 Å². The third kappa shape index (κ3) is 1.47. The van der Waals surface area contributed by atoms with Crippen LogP contribution in [0, 0.1) is 6.92 Å². The Morgan fingerprint density at radius 3 is 3.00 bits per heavy atom. The van der Waals surface area contributed by atoms with Gasteiger partial charge < -0.3 is 10.5 Å². The third-order valence-corrected chi connectivity index (χ3v) is 4.94. The van der Waals surface area contributed by atoms with E-state index in [0.717, 1.165) is 28.9 Å². The van der Waals surface area contributed by atoms with E-state index in [1.807, 2.05) is 0 Å². The predicted octanol–water partition coefficient (Wildman–Crippen LogP) is 2.62. The summed E-state index contributed by atoms with van der Waals surface area (Å²) in [5, 5.41) is 0.991. The molecule has 4 nitrogen and oxygen atoms in total. The molecule has 0 aromatic carbocycles. The highest BCUT2D eigenvalue weighted by Gasteiger charge is 2.43. The van der Waals surface area contributed by atoms with Gasteiger partial charge in [-0.25, -0.2) is 9.97 Å². The van der Waals surface area contributed by atoms with Crippen LogP contribution in [-0.4, -0.2) is 22.2 Å². The lowest BCUT2D eigenvalue weighted by molar-refractivity contribution is 0.0999. The van der Waals surface area contributed by atoms with E-state index in [9.17, 15) is 0 Å². The second-order valence-electron chi connectivity index (χ2n) is 5.26. The third-order valence-electron chi connectivity index (χ3n) is 4.00. The molecule has 2 aromatic heterocycles. The number of fused-ring (bicyclic) bond motifs is 3. The summed E-state index contributed by atoms with van der Waals surface area (Å²) >= 11 is 1.69. The first kappa shape index (κ1) is 10.7. The molecule has 2 aliphatic rings. The van der Waals surface area contributed by atoms with Crippen molar-refractivity contribution in [1.82, 2.24) is 9.97 Å². The normalized spacial score (nSPS) is 30.4. The van der Waals surface area contributed by atoms with Crippen LogP contribution in [0.2, 0.25) is 0 Å². The molecule has 2 fully saturated rings. The van der Waals surface area contributed by atoms with Crippen LogP contribution in [0.25, 0.3) is 10.2 Å². The highest BCUT2D eigenvalue weighted by molar-refractivity contribution is 7.18. The van der Waals surface area contributed by atoms with Crippen LogP contribution in [0.5, 0.6) is 0 Å². The Labute approximate surface area is 109 Å². The van der Waals surface area contributed by atoms with Gasteiger partial charge in [0.05, 0.1) is 17.6 Å². The number of ether oxygens (including phenoxy) is 1. The smallest absolute Gasteiger partial charge is 0.138 e. The fraction of sp³-hybridized carbons (Fsp3) is 0.538. The van der Waals surface area contributed by atoms with Gasteiger partial charge in [0.2, 0.25) is 0 Å². The molecule has 3 atom stereocenters. The molecule has 0 spiro atoms. The number of aryl methyl sites for hydroxylation is 1. The number of hydrogen-bond acceptors (Lipinski definition) is 5. The Balaban J connectivity index is 1.81. The Bertz CT molecular complexity index is 624. The molecule has 0 radical (unpaired) electrons. The monoisotopic (exact) mass is 261 g/mol. The molecular weight excluding hydrogens is 246 g/mol. The molecule has 2 aliphatic heterocycles. The Morgan fingerprint density at radius 2 is 2.28 bits per heavy atom. The van der Waals surface area contributed by atoms with Crippen molar-refractivity contribution in [2.45, 2.75) is 44.3 Å². The average Bonchev–Trinajstić information content (AvgIpc) is 3.01. The number of rotatable bonds is 1. The average molecular weight is 261 g/mol. The van der Waals surface area contributed by atoms with Crippen LogP contribution in [0.3, 0.4) is 0 Å². The molecule has 4 rings (SSSR count). The summed E-state index contributed by atoms with van der Waals surface area (Å²) in [6, 6.07) is 2.07. The number of aromatic nitrogens is 2. The van der Waals surface area contributed by atoms with E-state index in [0.29, 0.717) is 23.9 Å². The van der Waals surface area contributed by atoms with Crippen molar-refractivity contribution < 1.29 is 4.74 Å². The lowest BCUT2D eigenvalue weighted by Crippen LogP contribution is -2.17. The van der Waals surface area contributed by atoms with Crippen molar-refractivity contribution in [2.24, 2.45) is 0 Å². The second kappa shape index (κ2) is 3.65. The first-order valence-electron chi connectivity index (χ1n) is 6.40. The summed E-state index contributed by atoms with van der Waals surface area (Å²) in [7, 11) is 0. The van der Waals surface area contributed by atoms with E-state index in [1.54, 1.807) is 11.3 Å². The summed E-state index contributed by atoms with van der Waals surface area (Å²) in [6.07, 6.45) is 4.12. The number of nitrogens with zero attached hydrogens (tertiary/aromatic N) is 2. The van der Waals surface area contributed by atoms with Crippen LogP contribution in [0.15, 0.2) is 6.07 Å². The van der Waals surface area contributed by atoms with Gasteiger partial charge in [-0.15, -0.1) is 11.3 Å². The molecule has 3 unspecified atom stereocenters. The summed E-state index contributed by atoms with van der Waals surface area (Å²) in [5.41, 5.74) is 6.05. The number of nitrogen functional groups attached to an aromatic ring is 1. The SMILES string of the molecule is Cc1cc2c(N)nc(C3CC4CCC3O4)nc2s1. The fourth-order valence-corrected chi connectivity index (χ4v) is 4.05. The highest BCUT2D eigenvalue weighted by atomic mass is 32.1. The quantitative estimate of drug-likeness (QED) is 0.857. The minimum atomic E-state index is 0.313. The number of hydrogen-bond donors (Lipinski definition) is 1. The van der Waals surface area contributed by atoms with E-state index < -0.39 is 0 Å². The molecule has 4 heterocycles. The fourth-order valence-electron chi connectivity index (χ4n) is 3.16. The molecule has 0 saturated carbocycles. The van der Waals surface area contributed by atoms with Gasteiger partial charge in [0.15, 0.2) is 0 Å². The van der Waals surface area contributed by atoms with Crippen molar-refractivity contribution in [2.75, 3.05) is 5.73 Å². The van der Waals surface area contributed by atoms with E-state index in [4.69, 9.17) is 15.5 Å². The zero-order valence-electron chi connectivity index (χ0n) is 10.2. The molecular formula is C13H15N3OS. The van der Waals surface area contributed by atoms with Gasteiger partial charge in [-0.2, -0.15) is 0 Å². The van der Waals surface area contributed by atoms with Crippen molar-refractivity contribution in [1.29, 1.82) is 0 Å². The minimum absolute atomic E-state index is 0.313. The van der Waals surface area contributed by atoms with Crippen LogP contribution in [0.1, 0.15) is 35.9 Å². The molecule has 2 saturated heterocycles. The predicted molar refractivity (Wildman–Crippen MR) is 71.8 cm³/mol. The molecule has 5 heteroatoms. The maximum absolute atomic E-state index is 6.05.